The van der Waals surface area contributed by atoms with Gasteiger partial charge in [-0.25, -0.2) is 4.79 Å². The number of ether oxygens (including phenoxy) is 2. The Bertz CT molecular complexity index is 1050. The number of nitrogens with one attached hydrogen (secondary N) is 1. The molecule has 1 aromatic heterocycles. The third-order valence-corrected chi connectivity index (χ3v) is 7.61. The molecule has 2 aliphatic rings. The normalized spacial score (nSPS) is 21.6. The first-order valence-corrected chi connectivity index (χ1v) is 11.7. The Morgan fingerprint density at radius 2 is 2.03 bits per heavy atom. The number of hydrogen-bond acceptors (Lipinski definition) is 7. The summed E-state index contributed by atoms with van der Waals surface area (Å²) in [6.45, 7) is 9.47. The Hall–Kier alpha value is -2.07. The minimum absolute atomic E-state index is 0. The number of benzene rings is 1. The first-order chi connectivity index (χ1) is 15.3. The van der Waals surface area contributed by atoms with Crippen molar-refractivity contribution in [1.82, 2.24) is 14.8 Å². The highest BCUT2D eigenvalue weighted by atomic mass is 35.5. The number of aliphatic imine (C=N–C) groups is 1. The van der Waals surface area contributed by atoms with E-state index in [9.17, 15) is 9.59 Å². The molecular weight excluding hydrogens is 464 g/mol. The van der Waals surface area contributed by atoms with Crippen molar-refractivity contribution in [1.29, 1.82) is 0 Å². The Balaban J connectivity index is 0.00000306. The van der Waals surface area contributed by atoms with Crippen molar-refractivity contribution >= 4 is 52.2 Å². The van der Waals surface area contributed by atoms with Crippen LogP contribution in [0.3, 0.4) is 0 Å². The fourth-order valence-electron chi connectivity index (χ4n) is 4.27. The maximum atomic E-state index is 13.1. The highest BCUT2D eigenvalue weighted by molar-refractivity contribution is 8.15. The molecular formula is C23H31ClN4O4S. The summed E-state index contributed by atoms with van der Waals surface area (Å²) in [7, 11) is 1.66. The number of carbonyl (C=O) groups is 2. The maximum Gasteiger partial charge on any atom is 0.418 e. The molecule has 2 saturated heterocycles. The van der Waals surface area contributed by atoms with Gasteiger partial charge in [-0.05, 0) is 25.5 Å². The summed E-state index contributed by atoms with van der Waals surface area (Å²) in [5.74, 6) is -0.169. The van der Waals surface area contributed by atoms with Gasteiger partial charge in [0.25, 0.3) is 0 Å². The van der Waals surface area contributed by atoms with Gasteiger partial charge in [0.2, 0.25) is 5.91 Å². The number of nitrogens with zero attached hydrogens (tertiary/aromatic N) is 3. The zero-order chi connectivity index (χ0) is 22.9. The van der Waals surface area contributed by atoms with E-state index < -0.39 is 6.09 Å². The van der Waals surface area contributed by atoms with Crippen LogP contribution in [0.4, 0.5) is 4.79 Å². The van der Waals surface area contributed by atoms with Crippen LogP contribution in [0.2, 0.25) is 0 Å². The molecule has 0 bridgehead atoms. The van der Waals surface area contributed by atoms with Gasteiger partial charge in [-0.15, -0.1) is 12.4 Å². The lowest BCUT2D eigenvalue weighted by Crippen LogP contribution is -2.52. The van der Waals surface area contributed by atoms with E-state index in [1.165, 1.54) is 11.8 Å². The fraction of sp³-hybridized carbons (Fsp3) is 0.522. The average Bonchev–Trinajstić information content (AvgIpc) is 3.38. The second-order valence-corrected chi connectivity index (χ2v) is 9.91. The summed E-state index contributed by atoms with van der Waals surface area (Å²) >= 11 is 1.43. The third kappa shape index (κ3) is 5.21. The fourth-order valence-corrected chi connectivity index (χ4v) is 5.29. The van der Waals surface area contributed by atoms with E-state index in [0.29, 0.717) is 18.4 Å². The first kappa shape index (κ1) is 25.6. The van der Waals surface area contributed by atoms with E-state index in [1.807, 2.05) is 37.4 Å². The third-order valence-electron chi connectivity index (χ3n) is 6.23. The van der Waals surface area contributed by atoms with Gasteiger partial charge in [0.1, 0.15) is 6.61 Å². The Kier molecular flexibility index (Phi) is 8.10. The summed E-state index contributed by atoms with van der Waals surface area (Å²) in [5, 5.41) is 4.08. The standard InChI is InChI=1S/C23H30N4O4S.ClH/c1-15(19-20(28)25-21(24-4)32-19)17-13-27(18-8-6-5-7-16(17)18)22(29)31-14-23(2,3)26-9-11-30-12-10-26;/h5-8,13,15,19H,9-12,14H2,1-4H3,(H,24,25,28);1H. The molecule has 0 spiro atoms. The van der Waals surface area contributed by atoms with Gasteiger partial charge in [-0.2, -0.15) is 0 Å². The molecule has 10 heteroatoms. The van der Waals surface area contributed by atoms with Gasteiger partial charge in [-0.3, -0.25) is 19.3 Å². The van der Waals surface area contributed by atoms with E-state index in [2.05, 4.69) is 29.1 Å². The van der Waals surface area contributed by atoms with Gasteiger partial charge < -0.3 is 14.8 Å². The van der Waals surface area contributed by atoms with E-state index in [1.54, 1.807) is 11.6 Å². The molecule has 0 saturated carbocycles. The number of aromatic nitrogens is 1. The van der Waals surface area contributed by atoms with Gasteiger partial charge in [0.15, 0.2) is 5.17 Å². The van der Waals surface area contributed by atoms with E-state index >= 15 is 0 Å². The average molecular weight is 495 g/mol. The quantitative estimate of drug-likeness (QED) is 0.685. The number of halogens is 1. The Morgan fingerprint density at radius 3 is 2.70 bits per heavy atom. The number of rotatable bonds is 5. The van der Waals surface area contributed by atoms with Crippen LogP contribution in [-0.2, 0) is 14.3 Å². The summed E-state index contributed by atoms with van der Waals surface area (Å²) < 4.78 is 12.8. The highest BCUT2D eigenvalue weighted by Gasteiger charge is 2.37. The molecule has 2 aromatic rings. The Labute approximate surface area is 204 Å². The van der Waals surface area contributed by atoms with Crippen molar-refractivity contribution in [3.63, 3.8) is 0 Å². The number of thioether (sulfide) groups is 1. The molecule has 33 heavy (non-hydrogen) atoms. The molecule has 4 rings (SSSR count). The summed E-state index contributed by atoms with van der Waals surface area (Å²) in [4.78, 5) is 32.0. The second-order valence-electron chi connectivity index (χ2n) is 8.78. The predicted molar refractivity (Wildman–Crippen MR) is 134 cm³/mol. The number of fused-ring (bicyclic) bond motifs is 1. The highest BCUT2D eigenvalue weighted by Crippen LogP contribution is 2.37. The van der Waals surface area contributed by atoms with E-state index in [-0.39, 0.29) is 41.6 Å². The molecule has 2 aliphatic heterocycles. The number of amidine groups is 1. The Morgan fingerprint density at radius 1 is 1.33 bits per heavy atom. The van der Waals surface area contributed by atoms with Crippen molar-refractivity contribution < 1.29 is 19.1 Å². The molecule has 8 nitrogen and oxygen atoms in total. The van der Waals surface area contributed by atoms with Gasteiger partial charge in [-0.1, -0.05) is 36.9 Å². The number of morpholine rings is 1. The van der Waals surface area contributed by atoms with Crippen LogP contribution in [0.1, 0.15) is 32.3 Å². The van der Waals surface area contributed by atoms with Crippen LogP contribution in [-0.4, -0.2) is 77.4 Å². The summed E-state index contributed by atoms with van der Waals surface area (Å²) in [6.07, 6.45) is 1.40. The summed E-state index contributed by atoms with van der Waals surface area (Å²) in [5.41, 5.74) is 1.43. The molecule has 2 unspecified atom stereocenters. The topological polar surface area (TPSA) is 85.2 Å². The molecule has 3 heterocycles. The smallest absolute Gasteiger partial charge is 0.418 e. The molecule has 1 N–H and O–H groups in total. The van der Waals surface area contributed by atoms with E-state index in [0.717, 1.165) is 29.6 Å². The van der Waals surface area contributed by atoms with Crippen LogP contribution < -0.4 is 5.32 Å². The zero-order valence-electron chi connectivity index (χ0n) is 19.4. The van der Waals surface area contributed by atoms with Crippen LogP contribution in [0, 0.1) is 0 Å². The first-order valence-electron chi connectivity index (χ1n) is 10.9. The number of amides is 1. The largest absolute Gasteiger partial charge is 0.447 e. The monoisotopic (exact) mass is 494 g/mol. The van der Waals surface area contributed by atoms with Crippen molar-refractivity contribution in [2.45, 2.75) is 37.5 Å². The predicted octanol–water partition coefficient (Wildman–Crippen LogP) is 3.48. The minimum atomic E-state index is -0.416. The van der Waals surface area contributed by atoms with Crippen LogP contribution >= 0.6 is 24.2 Å². The van der Waals surface area contributed by atoms with Crippen molar-refractivity contribution in [2.75, 3.05) is 40.0 Å². The number of para-hydroxylation sites is 1. The lowest BCUT2D eigenvalue weighted by Gasteiger charge is -2.40. The van der Waals surface area contributed by atoms with Crippen LogP contribution in [0.25, 0.3) is 10.9 Å². The number of hydrogen-bond donors (Lipinski definition) is 1. The van der Waals surface area contributed by atoms with Gasteiger partial charge >= 0.3 is 6.09 Å². The minimum Gasteiger partial charge on any atom is -0.447 e. The van der Waals surface area contributed by atoms with Crippen LogP contribution in [0.15, 0.2) is 35.5 Å². The molecule has 0 aliphatic carbocycles. The molecule has 1 amide bonds. The molecule has 2 atom stereocenters. The molecule has 0 radical (unpaired) electrons. The second kappa shape index (κ2) is 10.5. The van der Waals surface area contributed by atoms with Crippen molar-refractivity contribution in [2.24, 2.45) is 4.99 Å². The molecule has 180 valence electrons. The molecule has 1 aromatic carbocycles. The SMILES string of the molecule is CN=C1NC(=O)C(C(C)c2cn(C(=O)OCC(C)(C)N3CCOCC3)c3ccccc23)S1.Cl. The molecule has 2 fully saturated rings. The van der Waals surface area contributed by atoms with Crippen LogP contribution in [0.5, 0.6) is 0 Å². The summed E-state index contributed by atoms with van der Waals surface area (Å²) in [6, 6.07) is 7.73. The number of carbonyl (C=O) groups excluding carboxylic acids is 2. The van der Waals surface area contributed by atoms with Gasteiger partial charge in [0.05, 0.1) is 24.0 Å². The maximum absolute atomic E-state index is 13.1. The van der Waals surface area contributed by atoms with Crippen molar-refractivity contribution in [3.05, 3.63) is 36.0 Å². The van der Waals surface area contributed by atoms with E-state index in [4.69, 9.17) is 9.47 Å². The lowest BCUT2D eigenvalue weighted by molar-refractivity contribution is -0.119. The van der Waals surface area contributed by atoms with Gasteiger partial charge in [0, 0.05) is 43.2 Å². The van der Waals surface area contributed by atoms with Crippen molar-refractivity contribution in [3.8, 4) is 0 Å². The lowest BCUT2D eigenvalue weighted by atomic mass is 9.96. The zero-order valence-corrected chi connectivity index (χ0v) is 21.0.